The molecule has 3 heteroatoms. The maximum Gasteiger partial charge on any atom is 0.221 e. The van der Waals surface area contributed by atoms with Crippen LogP contribution in [0.2, 0.25) is 0 Å². The molecule has 0 aliphatic heterocycles. The summed E-state index contributed by atoms with van der Waals surface area (Å²) >= 11 is 0. The number of carbonyl (C=O) groups is 1. The van der Waals surface area contributed by atoms with Gasteiger partial charge in [-0.05, 0) is 38.7 Å². The Bertz CT molecular complexity index is 378. The van der Waals surface area contributed by atoms with Gasteiger partial charge in [-0.1, -0.05) is 37.3 Å². The Morgan fingerprint density at radius 2 is 1.85 bits per heavy atom. The molecule has 0 radical (unpaired) electrons. The predicted octanol–water partition coefficient (Wildman–Crippen LogP) is 2.90. The molecule has 0 spiro atoms. The van der Waals surface area contributed by atoms with E-state index in [9.17, 15) is 4.79 Å². The molecule has 1 amide bonds. The molecule has 112 valence electrons. The van der Waals surface area contributed by atoms with Gasteiger partial charge in [-0.2, -0.15) is 0 Å². The second kappa shape index (κ2) is 9.54. The first-order valence-electron chi connectivity index (χ1n) is 7.68. The molecule has 2 N–H and O–H groups in total. The van der Waals surface area contributed by atoms with Crippen molar-refractivity contribution in [2.24, 2.45) is 0 Å². The third kappa shape index (κ3) is 7.29. The second-order valence-corrected chi connectivity index (χ2v) is 5.51. The van der Waals surface area contributed by atoms with Crippen LogP contribution in [0.4, 0.5) is 0 Å². The minimum atomic E-state index is 0.141. The van der Waals surface area contributed by atoms with E-state index in [0.29, 0.717) is 12.5 Å². The van der Waals surface area contributed by atoms with Crippen LogP contribution in [-0.2, 0) is 11.2 Å². The van der Waals surface area contributed by atoms with Gasteiger partial charge < -0.3 is 10.6 Å². The molecule has 0 saturated carbocycles. The Morgan fingerprint density at radius 1 is 1.15 bits per heavy atom. The molecule has 20 heavy (non-hydrogen) atoms. The summed E-state index contributed by atoms with van der Waals surface area (Å²) in [5, 5.41) is 6.40. The van der Waals surface area contributed by atoms with Gasteiger partial charge in [-0.3, -0.25) is 4.79 Å². The average Bonchev–Trinajstić information content (AvgIpc) is 2.46. The first-order chi connectivity index (χ1) is 9.61. The lowest BCUT2D eigenvalue weighted by Gasteiger charge is -2.15. The summed E-state index contributed by atoms with van der Waals surface area (Å²) in [6.45, 7) is 7.04. The van der Waals surface area contributed by atoms with Gasteiger partial charge in [0.25, 0.3) is 0 Å². The molecular weight excluding hydrogens is 248 g/mol. The topological polar surface area (TPSA) is 41.1 Å². The largest absolute Gasteiger partial charge is 0.354 e. The summed E-state index contributed by atoms with van der Waals surface area (Å²) in [5.74, 6) is 0.141. The number of carbonyl (C=O) groups excluding carboxylic acids is 1. The lowest BCUT2D eigenvalue weighted by atomic mass is 10.1. The first-order valence-corrected chi connectivity index (χ1v) is 7.68. The number of nitrogens with one attached hydrogen (secondary N) is 2. The zero-order valence-corrected chi connectivity index (χ0v) is 13.0. The standard InChI is InChI=1S/C17H28N2O/c1-4-14(2)19-17(20)12-13-18-15(3)10-11-16-8-6-5-7-9-16/h5-9,14-15,18H,4,10-13H2,1-3H3,(H,19,20). The molecule has 0 fully saturated rings. The van der Waals surface area contributed by atoms with Crippen LogP contribution in [0.5, 0.6) is 0 Å². The Morgan fingerprint density at radius 3 is 2.50 bits per heavy atom. The fourth-order valence-electron chi connectivity index (χ4n) is 2.01. The number of rotatable bonds is 9. The minimum absolute atomic E-state index is 0.141. The van der Waals surface area contributed by atoms with Crippen molar-refractivity contribution in [1.29, 1.82) is 0 Å². The van der Waals surface area contributed by atoms with Gasteiger partial charge in [-0.25, -0.2) is 0 Å². The van der Waals surface area contributed by atoms with Crippen molar-refractivity contribution in [2.75, 3.05) is 6.54 Å². The molecule has 3 nitrogen and oxygen atoms in total. The maximum atomic E-state index is 11.6. The maximum absolute atomic E-state index is 11.6. The summed E-state index contributed by atoms with van der Waals surface area (Å²) in [6, 6.07) is 11.2. The number of hydrogen-bond donors (Lipinski definition) is 2. The Hall–Kier alpha value is -1.35. The summed E-state index contributed by atoms with van der Waals surface area (Å²) < 4.78 is 0. The molecule has 0 aliphatic carbocycles. The molecule has 0 heterocycles. The van der Waals surface area contributed by atoms with Crippen molar-refractivity contribution in [3.05, 3.63) is 35.9 Å². The zero-order chi connectivity index (χ0) is 14.8. The fourth-order valence-corrected chi connectivity index (χ4v) is 2.01. The van der Waals surface area contributed by atoms with Crippen LogP contribution in [0.1, 0.15) is 45.6 Å². The molecular formula is C17H28N2O. The SMILES string of the molecule is CCC(C)NC(=O)CCNC(C)CCc1ccccc1. The van der Waals surface area contributed by atoms with E-state index in [1.54, 1.807) is 0 Å². The van der Waals surface area contributed by atoms with Gasteiger partial charge in [0, 0.05) is 25.0 Å². The molecule has 1 aromatic rings. The summed E-state index contributed by atoms with van der Waals surface area (Å²) in [7, 11) is 0. The van der Waals surface area contributed by atoms with E-state index in [-0.39, 0.29) is 11.9 Å². The van der Waals surface area contributed by atoms with E-state index < -0.39 is 0 Å². The lowest BCUT2D eigenvalue weighted by Crippen LogP contribution is -2.35. The van der Waals surface area contributed by atoms with Crippen LogP contribution >= 0.6 is 0 Å². The fraction of sp³-hybridized carbons (Fsp3) is 0.588. The first kappa shape index (κ1) is 16.7. The molecule has 0 aromatic heterocycles. The van der Waals surface area contributed by atoms with Crippen molar-refractivity contribution in [3.63, 3.8) is 0 Å². The molecule has 2 atom stereocenters. The number of hydrogen-bond acceptors (Lipinski definition) is 2. The molecule has 0 saturated heterocycles. The highest BCUT2D eigenvalue weighted by molar-refractivity contribution is 5.76. The third-order valence-corrected chi connectivity index (χ3v) is 3.57. The molecule has 1 aromatic carbocycles. The minimum Gasteiger partial charge on any atom is -0.354 e. The van der Waals surface area contributed by atoms with Crippen LogP contribution in [-0.4, -0.2) is 24.5 Å². The van der Waals surface area contributed by atoms with Crippen LogP contribution < -0.4 is 10.6 Å². The van der Waals surface area contributed by atoms with Gasteiger partial charge in [0.2, 0.25) is 5.91 Å². The molecule has 2 unspecified atom stereocenters. The van der Waals surface area contributed by atoms with E-state index >= 15 is 0 Å². The number of amides is 1. The highest BCUT2D eigenvalue weighted by Gasteiger charge is 2.06. The predicted molar refractivity (Wildman–Crippen MR) is 84.7 cm³/mol. The number of aryl methyl sites for hydroxylation is 1. The summed E-state index contributed by atoms with van der Waals surface area (Å²) in [4.78, 5) is 11.6. The summed E-state index contributed by atoms with van der Waals surface area (Å²) in [5.41, 5.74) is 1.37. The van der Waals surface area contributed by atoms with Crippen LogP contribution in [0.25, 0.3) is 0 Å². The molecule has 1 rings (SSSR count). The van der Waals surface area contributed by atoms with Crippen molar-refractivity contribution in [3.8, 4) is 0 Å². The van der Waals surface area contributed by atoms with Crippen LogP contribution in [0.3, 0.4) is 0 Å². The second-order valence-electron chi connectivity index (χ2n) is 5.51. The average molecular weight is 276 g/mol. The van der Waals surface area contributed by atoms with Gasteiger partial charge in [-0.15, -0.1) is 0 Å². The van der Waals surface area contributed by atoms with Gasteiger partial charge >= 0.3 is 0 Å². The van der Waals surface area contributed by atoms with Crippen LogP contribution in [0.15, 0.2) is 30.3 Å². The Labute approximate surface area is 123 Å². The van der Waals surface area contributed by atoms with Crippen molar-refractivity contribution in [1.82, 2.24) is 10.6 Å². The normalized spacial score (nSPS) is 13.8. The van der Waals surface area contributed by atoms with E-state index in [2.05, 4.69) is 48.7 Å². The third-order valence-electron chi connectivity index (χ3n) is 3.57. The van der Waals surface area contributed by atoms with E-state index in [1.165, 1.54) is 5.56 Å². The molecule has 0 aliphatic rings. The van der Waals surface area contributed by atoms with E-state index in [4.69, 9.17) is 0 Å². The monoisotopic (exact) mass is 276 g/mol. The van der Waals surface area contributed by atoms with Crippen LogP contribution in [0, 0.1) is 0 Å². The van der Waals surface area contributed by atoms with E-state index in [0.717, 1.165) is 25.8 Å². The Kier molecular flexibility index (Phi) is 7.97. The van der Waals surface area contributed by atoms with Gasteiger partial charge in [0.05, 0.1) is 0 Å². The van der Waals surface area contributed by atoms with E-state index in [1.807, 2.05) is 13.0 Å². The Balaban J connectivity index is 2.11. The highest BCUT2D eigenvalue weighted by atomic mass is 16.1. The zero-order valence-electron chi connectivity index (χ0n) is 13.0. The lowest BCUT2D eigenvalue weighted by molar-refractivity contribution is -0.121. The summed E-state index contributed by atoms with van der Waals surface area (Å²) in [6.07, 6.45) is 3.71. The van der Waals surface area contributed by atoms with Crippen molar-refractivity contribution < 1.29 is 4.79 Å². The van der Waals surface area contributed by atoms with Gasteiger partial charge in [0.15, 0.2) is 0 Å². The smallest absolute Gasteiger partial charge is 0.221 e. The quantitative estimate of drug-likeness (QED) is 0.728. The number of benzene rings is 1. The molecule has 0 bridgehead atoms. The van der Waals surface area contributed by atoms with Crippen molar-refractivity contribution >= 4 is 5.91 Å². The van der Waals surface area contributed by atoms with Crippen molar-refractivity contribution in [2.45, 2.75) is 58.5 Å². The van der Waals surface area contributed by atoms with Gasteiger partial charge in [0.1, 0.15) is 0 Å². The highest BCUT2D eigenvalue weighted by Crippen LogP contribution is 2.04.